The topological polar surface area (TPSA) is 120 Å². The first-order chi connectivity index (χ1) is 13.9. The highest BCUT2D eigenvalue weighted by atomic mass is 32.2. The Bertz CT molecular complexity index is 1070. The Balaban J connectivity index is 1.56. The normalized spacial score (nSPS) is 11.3. The maximum Gasteiger partial charge on any atom is 0.244 e. The monoisotopic (exact) mass is 418 g/mol. The molecule has 0 unspecified atom stereocenters. The van der Waals surface area contributed by atoms with Gasteiger partial charge in [-0.05, 0) is 37.3 Å². The summed E-state index contributed by atoms with van der Waals surface area (Å²) in [5.74, 6) is 1.84. The number of aryl methyl sites for hydroxylation is 1. The zero-order chi connectivity index (χ0) is 20.9. The van der Waals surface area contributed by atoms with E-state index in [1.54, 1.807) is 29.1 Å². The van der Waals surface area contributed by atoms with Gasteiger partial charge in [0.25, 0.3) is 0 Å². The van der Waals surface area contributed by atoms with E-state index in [0.717, 1.165) is 5.69 Å². The van der Waals surface area contributed by atoms with Crippen LogP contribution in [0.2, 0.25) is 0 Å². The molecule has 0 spiro atoms. The summed E-state index contributed by atoms with van der Waals surface area (Å²) in [7, 11) is -0.838. The fourth-order valence-corrected chi connectivity index (χ4v) is 3.72. The van der Waals surface area contributed by atoms with E-state index in [2.05, 4.69) is 25.3 Å². The van der Waals surface area contributed by atoms with Crippen LogP contribution in [-0.2, 0) is 10.0 Å². The second kappa shape index (κ2) is 8.88. The summed E-state index contributed by atoms with van der Waals surface area (Å²) < 4.78 is 39.5. The molecule has 0 atom stereocenters. The minimum atomic E-state index is -3.74. The molecule has 0 amide bonds. The Morgan fingerprint density at radius 1 is 1.03 bits per heavy atom. The summed E-state index contributed by atoms with van der Waals surface area (Å²) in [6, 6.07) is 9.92. The molecule has 29 heavy (non-hydrogen) atoms. The molecule has 0 aliphatic heterocycles. The van der Waals surface area contributed by atoms with Gasteiger partial charge in [-0.15, -0.1) is 10.2 Å². The van der Waals surface area contributed by atoms with Gasteiger partial charge in [0.15, 0.2) is 5.82 Å². The summed E-state index contributed by atoms with van der Waals surface area (Å²) in [5.41, 5.74) is 0.884. The highest BCUT2D eigenvalue weighted by molar-refractivity contribution is 7.89. The molecule has 0 saturated carbocycles. The van der Waals surface area contributed by atoms with Gasteiger partial charge in [0.05, 0.1) is 19.9 Å². The quantitative estimate of drug-likeness (QED) is 0.500. The largest absolute Gasteiger partial charge is 0.497 e. The zero-order valence-electron chi connectivity index (χ0n) is 16.3. The highest BCUT2D eigenvalue weighted by Gasteiger charge is 2.19. The van der Waals surface area contributed by atoms with E-state index >= 15 is 0 Å². The number of methoxy groups -OCH3 is 2. The highest BCUT2D eigenvalue weighted by Crippen LogP contribution is 2.28. The predicted molar refractivity (Wildman–Crippen MR) is 107 cm³/mol. The van der Waals surface area contributed by atoms with Gasteiger partial charge in [0, 0.05) is 25.4 Å². The van der Waals surface area contributed by atoms with Gasteiger partial charge in [0.1, 0.15) is 22.2 Å². The van der Waals surface area contributed by atoms with E-state index in [1.165, 1.54) is 26.4 Å². The van der Waals surface area contributed by atoms with Gasteiger partial charge in [-0.1, -0.05) is 0 Å². The van der Waals surface area contributed by atoms with Gasteiger partial charge < -0.3 is 14.8 Å². The van der Waals surface area contributed by atoms with E-state index in [1.807, 2.05) is 13.0 Å². The van der Waals surface area contributed by atoms with Crippen molar-refractivity contribution < 1.29 is 17.9 Å². The molecule has 0 fully saturated rings. The molecule has 0 bridgehead atoms. The third-order valence-electron chi connectivity index (χ3n) is 3.99. The van der Waals surface area contributed by atoms with Crippen LogP contribution in [0, 0.1) is 6.92 Å². The van der Waals surface area contributed by atoms with Crippen molar-refractivity contribution in [3.05, 3.63) is 48.3 Å². The number of rotatable bonds is 9. The van der Waals surface area contributed by atoms with Crippen LogP contribution in [0.15, 0.2) is 47.5 Å². The van der Waals surface area contributed by atoms with Gasteiger partial charge in [-0.2, -0.15) is 5.10 Å². The Kier molecular flexibility index (Phi) is 6.29. The van der Waals surface area contributed by atoms with Gasteiger partial charge in [-0.3, -0.25) is 0 Å². The summed E-state index contributed by atoms with van der Waals surface area (Å²) in [4.78, 5) is 0.0412. The Labute approximate surface area is 168 Å². The minimum Gasteiger partial charge on any atom is -0.497 e. The second-order valence-electron chi connectivity index (χ2n) is 6.02. The first-order valence-corrected chi connectivity index (χ1v) is 10.2. The van der Waals surface area contributed by atoms with Crippen molar-refractivity contribution in [2.45, 2.75) is 11.8 Å². The average Bonchev–Trinajstić information content (AvgIpc) is 3.17. The van der Waals surface area contributed by atoms with E-state index in [4.69, 9.17) is 9.47 Å². The first kappa shape index (κ1) is 20.6. The van der Waals surface area contributed by atoms with Crippen LogP contribution in [0.1, 0.15) is 5.69 Å². The number of hydrogen-bond donors (Lipinski definition) is 2. The lowest BCUT2D eigenvalue weighted by Crippen LogP contribution is -2.29. The standard InChI is InChI=1S/C18H22N6O4S/c1-13-8-11-24(23-13)18-7-6-17(21-22-18)19-9-10-20-29(25,26)16-5-4-14(27-2)12-15(16)28-3/h4-8,11-12,20H,9-10H2,1-3H3,(H,19,21). The number of nitrogens with one attached hydrogen (secondary N) is 2. The molecule has 2 heterocycles. The smallest absolute Gasteiger partial charge is 0.244 e. The molecular weight excluding hydrogens is 396 g/mol. The molecular formula is C18H22N6O4S. The maximum atomic E-state index is 12.5. The molecule has 3 rings (SSSR count). The van der Waals surface area contributed by atoms with Crippen LogP contribution < -0.4 is 19.5 Å². The van der Waals surface area contributed by atoms with E-state index < -0.39 is 10.0 Å². The fraction of sp³-hybridized carbons (Fsp3) is 0.278. The summed E-state index contributed by atoms with van der Waals surface area (Å²) in [5, 5.41) is 15.5. The number of aromatic nitrogens is 4. The summed E-state index contributed by atoms with van der Waals surface area (Å²) in [6.45, 7) is 2.37. The molecule has 3 aromatic rings. The summed E-state index contributed by atoms with van der Waals surface area (Å²) in [6.07, 6.45) is 1.80. The second-order valence-corrected chi connectivity index (χ2v) is 7.76. The Morgan fingerprint density at radius 2 is 1.86 bits per heavy atom. The SMILES string of the molecule is COc1ccc(S(=O)(=O)NCCNc2ccc(-n3ccc(C)n3)nn2)c(OC)c1. The van der Waals surface area contributed by atoms with E-state index in [-0.39, 0.29) is 17.2 Å². The van der Waals surface area contributed by atoms with Crippen molar-refractivity contribution in [1.29, 1.82) is 0 Å². The van der Waals surface area contributed by atoms with Crippen molar-refractivity contribution in [1.82, 2.24) is 24.7 Å². The molecule has 0 radical (unpaired) electrons. The lowest BCUT2D eigenvalue weighted by atomic mass is 10.3. The molecule has 1 aromatic carbocycles. The van der Waals surface area contributed by atoms with Crippen molar-refractivity contribution in [3.63, 3.8) is 0 Å². The number of benzene rings is 1. The van der Waals surface area contributed by atoms with Gasteiger partial charge in [0.2, 0.25) is 10.0 Å². The molecule has 154 valence electrons. The summed E-state index contributed by atoms with van der Waals surface area (Å²) >= 11 is 0. The van der Waals surface area contributed by atoms with Crippen LogP contribution in [0.5, 0.6) is 11.5 Å². The first-order valence-electron chi connectivity index (χ1n) is 8.75. The van der Waals surface area contributed by atoms with Crippen molar-refractivity contribution in [2.75, 3.05) is 32.6 Å². The number of anilines is 1. The van der Waals surface area contributed by atoms with Crippen LogP contribution in [0.3, 0.4) is 0 Å². The van der Waals surface area contributed by atoms with Crippen molar-refractivity contribution in [3.8, 4) is 17.3 Å². The van der Waals surface area contributed by atoms with E-state index in [0.29, 0.717) is 23.9 Å². The number of nitrogens with zero attached hydrogens (tertiary/aromatic N) is 4. The lowest BCUT2D eigenvalue weighted by molar-refractivity contribution is 0.386. The molecule has 11 heteroatoms. The third kappa shape index (κ3) is 5.00. The number of hydrogen-bond acceptors (Lipinski definition) is 8. The Morgan fingerprint density at radius 3 is 2.48 bits per heavy atom. The fourth-order valence-electron chi connectivity index (χ4n) is 2.53. The predicted octanol–water partition coefficient (Wildman–Crippen LogP) is 1.38. The average molecular weight is 418 g/mol. The third-order valence-corrected chi connectivity index (χ3v) is 5.49. The van der Waals surface area contributed by atoms with Crippen molar-refractivity contribution in [2.24, 2.45) is 0 Å². The van der Waals surface area contributed by atoms with E-state index in [9.17, 15) is 8.42 Å². The molecule has 0 saturated heterocycles. The van der Waals surface area contributed by atoms with Gasteiger partial charge >= 0.3 is 0 Å². The van der Waals surface area contributed by atoms with Crippen LogP contribution in [-0.4, -0.2) is 55.7 Å². The minimum absolute atomic E-state index is 0.0412. The number of sulfonamides is 1. The molecule has 0 aliphatic carbocycles. The van der Waals surface area contributed by atoms with Crippen LogP contribution in [0.25, 0.3) is 5.82 Å². The van der Waals surface area contributed by atoms with Crippen LogP contribution in [0.4, 0.5) is 5.82 Å². The molecule has 2 aromatic heterocycles. The molecule has 0 aliphatic rings. The zero-order valence-corrected chi connectivity index (χ0v) is 17.1. The van der Waals surface area contributed by atoms with Gasteiger partial charge in [-0.25, -0.2) is 17.8 Å². The number of ether oxygens (including phenoxy) is 2. The molecule has 2 N–H and O–H groups in total. The van der Waals surface area contributed by atoms with Crippen LogP contribution >= 0.6 is 0 Å². The van der Waals surface area contributed by atoms with Crippen molar-refractivity contribution >= 4 is 15.8 Å². The molecule has 10 nitrogen and oxygen atoms in total. The Hall–Kier alpha value is -3.18. The lowest BCUT2D eigenvalue weighted by Gasteiger charge is -2.12. The maximum absolute atomic E-state index is 12.5.